The number of hydrogen-bond acceptors (Lipinski definition) is 3. The van der Waals surface area contributed by atoms with Crippen LogP contribution in [0.4, 0.5) is 0 Å². The Kier molecular flexibility index (Phi) is 4.65. The van der Waals surface area contributed by atoms with Crippen molar-refractivity contribution in [1.82, 2.24) is 5.32 Å². The van der Waals surface area contributed by atoms with Crippen molar-refractivity contribution in [2.75, 3.05) is 0 Å². The molecule has 1 aromatic heterocycles. The van der Waals surface area contributed by atoms with Crippen LogP contribution in [0.2, 0.25) is 0 Å². The van der Waals surface area contributed by atoms with Crippen LogP contribution in [0.3, 0.4) is 0 Å². The molecule has 0 saturated heterocycles. The molecule has 5 heteroatoms. The minimum Gasteiger partial charge on any atom is -0.480 e. The van der Waals surface area contributed by atoms with Crippen LogP contribution in [0.15, 0.2) is 40.8 Å². The molecule has 116 valence electrons. The van der Waals surface area contributed by atoms with Gasteiger partial charge in [-0.2, -0.15) is 0 Å². The van der Waals surface area contributed by atoms with Crippen molar-refractivity contribution in [3.63, 3.8) is 0 Å². The van der Waals surface area contributed by atoms with E-state index < -0.39 is 17.9 Å². The fourth-order valence-electron chi connectivity index (χ4n) is 2.18. The number of rotatable bonds is 5. The Morgan fingerprint density at radius 3 is 2.36 bits per heavy atom. The maximum Gasteiger partial charge on any atom is 0.326 e. The van der Waals surface area contributed by atoms with Crippen LogP contribution < -0.4 is 5.32 Å². The third-order valence-corrected chi connectivity index (χ3v) is 3.44. The second-order valence-electron chi connectivity index (χ2n) is 5.48. The predicted molar refractivity (Wildman–Crippen MR) is 82.6 cm³/mol. The summed E-state index contributed by atoms with van der Waals surface area (Å²) < 4.78 is 5.62. The van der Waals surface area contributed by atoms with Gasteiger partial charge in [-0.1, -0.05) is 44.2 Å². The van der Waals surface area contributed by atoms with Crippen LogP contribution in [0.5, 0.6) is 0 Å². The van der Waals surface area contributed by atoms with E-state index in [1.165, 1.54) is 0 Å². The van der Waals surface area contributed by atoms with Crippen LogP contribution in [0, 0.1) is 12.8 Å². The number of benzene rings is 1. The molecule has 0 aliphatic heterocycles. The zero-order valence-electron chi connectivity index (χ0n) is 12.8. The number of carboxylic acid groups (broad SMARTS) is 1. The molecule has 22 heavy (non-hydrogen) atoms. The van der Waals surface area contributed by atoms with Gasteiger partial charge in [0, 0.05) is 5.56 Å². The van der Waals surface area contributed by atoms with Crippen molar-refractivity contribution in [3.05, 3.63) is 47.7 Å². The lowest BCUT2D eigenvalue weighted by Gasteiger charge is -2.17. The molecule has 1 amide bonds. The highest BCUT2D eigenvalue weighted by Gasteiger charge is 2.25. The van der Waals surface area contributed by atoms with Gasteiger partial charge < -0.3 is 14.8 Å². The van der Waals surface area contributed by atoms with Crippen LogP contribution >= 0.6 is 0 Å². The summed E-state index contributed by atoms with van der Waals surface area (Å²) in [6.45, 7) is 5.18. The molecule has 0 radical (unpaired) electrons. The third kappa shape index (κ3) is 3.36. The average molecular weight is 301 g/mol. The van der Waals surface area contributed by atoms with Gasteiger partial charge in [-0.25, -0.2) is 4.79 Å². The van der Waals surface area contributed by atoms with E-state index in [1.807, 2.05) is 30.3 Å². The smallest absolute Gasteiger partial charge is 0.326 e. The Morgan fingerprint density at radius 1 is 1.18 bits per heavy atom. The van der Waals surface area contributed by atoms with Crippen LogP contribution in [-0.2, 0) is 4.79 Å². The normalized spacial score (nSPS) is 12.2. The van der Waals surface area contributed by atoms with Crippen molar-refractivity contribution in [2.24, 2.45) is 5.92 Å². The molecule has 1 heterocycles. The Balaban J connectivity index is 2.24. The van der Waals surface area contributed by atoms with Gasteiger partial charge in [-0.15, -0.1) is 0 Å². The molecule has 2 aromatic rings. The second-order valence-corrected chi connectivity index (χ2v) is 5.48. The maximum absolute atomic E-state index is 12.3. The van der Waals surface area contributed by atoms with Gasteiger partial charge >= 0.3 is 5.97 Å². The number of aliphatic carboxylic acids is 1. The highest BCUT2D eigenvalue weighted by atomic mass is 16.4. The number of furan rings is 1. The molecule has 0 bridgehead atoms. The Hall–Kier alpha value is -2.56. The highest BCUT2D eigenvalue weighted by Crippen LogP contribution is 2.25. The molecule has 0 aliphatic carbocycles. The largest absolute Gasteiger partial charge is 0.480 e. The monoisotopic (exact) mass is 301 g/mol. The molecule has 0 saturated carbocycles. The van der Waals surface area contributed by atoms with E-state index in [9.17, 15) is 9.59 Å². The molecule has 0 fully saturated rings. The van der Waals surface area contributed by atoms with Gasteiger partial charge in [0.25, 0.3) is 5.91 Å². The molecule has 5 nitrogen and oxygen atoms in total. The van der Waals surface area contributed by atoms with Crippen molar-refractivity contribution in [2.45, 2.75) is 26.8 Å². The zero-order valence-corrected chi connectivity index (χ0v) is 12.8. The van der Waals surface area contributed by atoms with Crippen LogP contribution in [-0.4, -0.2) is 23.0 Å². The summed E-state index contributed by atoms with van der Waals surface area (Å²) in [5.74, 6) is -0.650. The summed E-state index contributed by atoms with van der Waals surface area (Å²) in [4.78, 5) is 23.5. The van der Waals surface area contributed by atoms with Crippen LogP contribution in [0.25, 0.3) is 11.3 Å². The number of carbonyl (C=O) groups excluding carboxylic acids is 1. The van der Waals surface area contributed by atoms with Gasteiger partial charge in [0.15, 0.2) is 0 Å². The highest BCUT2D eigenvalue weighted by molar-refractivity contribution is 5.98. The van der Waals surface area contributed by atoms with E-state index in [0.717, 1.165) is 5.56 Å². The van der Waals surface area contributed by atoms with E-state index >= 15 is 0 Å². The summed E-state index contributed by atoms with van der Waals surface area (Å²) in [7, 11) is 0. The summed E-state index contributed by atoms with van der Waals surface area (Å²) in [5, 5.41) is 11.7. The number of hydrogen-bond donors (Lipinski definition) is 2. The van der Waals surface area contributed by atoms with Gasteiger partial charge in [0.2, 0.25) is 0 Å². The van der Waals surface area contributed by atoms with Crippen molar-refractivity contribution < 1.29 is 19.1 Å². The van der Waals surface area contributed by atoms with Gasteiger partial charge in [0.05, 0.1) is 5.56 Å². The average Bonchev–Trinajstić information content (AvgIpc) is 2.87. The first-order valence-electron chi connectivity index (χ1n) is 7.09. The molecule has 2 N–H and O–H groups in total. The third-order valence-electron chi connectivity index (χ3n) is 3.44. The summed E-state index contributed by atoms with van der Waals surface area (Å²) in [6.07, 6.45) is 0. The van der Waals surface area contributed by atoms with Crippen molar-refractivity contribution in [1.29, 1.82) is 0 Å². The standard InChI is InChI=1S/C17H19NO4/c1-10(2)15(17(20)21)18-16(19)13-9-14(22-11(13)3)12-7-5-4-6-8-12/h4-10,15H,1-3H3,(H,18,19)(H,20,21). The first kappa shape index (κ1) is 15.8. The van der Waals surface area contributed by atoms with E-state index in [-0.39, 0.29) is 5.92 Å². The molecule has 1 unspecified atom stereocenters. The Labute approximate surface area is 129 Å². The minimum atomic E-state index is -1.05. The molecule has 1 atom stereocenters. The quantitative estimate of drug-likeness (QED) is 0.889. The first-order chi connectivity index (χ1) is 10.4. The molecule has 1 aromatic carbocycles. The lowest BCUT2D eigenvalue weighted by molar-refractivity contribution is -0.140. The fourth-order valence-corrected chi connectivity index (χ4v) is 2.18. The Bertz CT molecular complexity index is 673. The summed E-state index contributed by atoms with van der Waals surface area (Å²) in [6, 6.07) is 10.1. The SMILES string of the molecule is Cc1oc(-c2ccccc2)cc1C(=O)NC(C(=O)O)C(C)C. The van der Waals surface area contributed by atoms with Gasteiger partial charge in [-0.05, 0) is 18.9 Å². The van der Waals surface area contributed by atoms with Crippen LogP contribution in [0.1, 0.15) is 30.0 Å². The lowest BCUT2D eigenvalue weighted by Crippen LogP contribution is -2.44. The fraction of sp³-hybridized carbons (Fsp3) is 0.294. The minimum absolute atomic E-state index is 0.206. The van der Waals surface area contributed by atoms with E-state index in [1.54, 1.807) is 26.8 Å². The number of aryl methyl sites for hydroxylation is 1. The Morgan fingerprint density at radius 2 is 1.82 bits per heavy atom. The molecular formula is C17H19NO4. The van der Waals surface area contributed by atoms with Crippen molar-refractivity contribution >= 4 is 11.9 Å². The van der Waals surface area contributed by atoms with E-state index in [0.29, 0.717) is 17.1 Å². The maximum atomic E-state index is 12.3. The van der Waals surface area contributed by atoms with Gasteiger partial charge in [-0.3, -0.25) is 4.79 Å². The lowest BCUT2D eigenvalue weighted by atomic mass is 10.0. The van der Waals surface area contributed by atoms with Crippen molar-refractivity contribution in [3.8, 4) is 11.3 Å². The van der Waals surface area contributed by atoms with Gasteiger partial charge in [0.1, 0.15) is 17.6 Å². The summed E-state index contributed by atoms with van der Waals surface area (Å²) in [5.41, 5.74) is 1.22. The predicted octanol–water partition coefficient (Wildman–Crippen LogP) is 3.09. The number of carboxylic acids is 1. The molecule has 0 aliphatic rings. The zero-order chi connectivity index (χ0) is 16.3. The molecular weight excluding hydrogens is 282 g/mol. The number of amides is 1. The summed E-state index contributed by atoms with van der Waals surface area (Å²) >= 11 is 0. The number of carbonyl (C=O) groups is 2. The van der Waals surface area contributed by atoms with E-state index in [4.69, 9.17) is 9.52 Å². The molecule has 2 rings (SSSR count). The molecule has 0 spiro atoms. The number of nitrogens with one attached hydrogen (secondary N) is 1. The van der Waals surface area contributed by atoms with E-state index in [2.05, 4.69) is 5.32 Å². The first-order valence-corrected chi connectivity index (χ1v) is 7.09. The second kappa shape index (κ2) is 6.47. The topological polar surface area (TPSA) is 79.5 Å².